The fourth-order valence-electron chi connectivity index (χ4n) is 3.07. The SMILES string of the molecule is Cc1n[nH]c(C)c1S(=O)(=O)Nc1ccc(N2CCCC(C)C2)nn1. The van der Waals surface area contributed by atoms with Crippen molar-refractivity contribution < 1.29 is 8.42 Å². The van der Waals surface area contributed by atoms with Crippen LogP contribution in [0.2, 0.25) is 0 Å². The van der Waals surface area contributed by atoms with Crippen molar-refractivity contribution in [1.82, 2.24) is 20.4 Å². The molecular formula is C15H22N6O2S. The molecule has 1 aliphatic heterocycles. The Morgan fingerprint density at radius 3 is 2.67 bits per heavy atom. The average Bonchev–Trinajstić information content (AvgIpc) is 2.87. The lowest BCUT2D eigenvalue weighted by atomic mass is 10.0. The summed E-state index contributed by atoms with van der Waals surface area (Å²) in [6.45, 7) is 7.44. The number of sulfonamides is 1. The lowest BCUT2D eigenvalue weighted by Crippen LogP contribution is -2.34. The molecule has 0 amide bonds. The summed E-state index contributed by atoms with van der Waals surface area (Å²) in [7, 11) is -3.74. The van der Waals surface area contributed by atoms with E-state index in [1.807, 2.05) is 0 Å². The normalized spacial score (nSPS) is 18.6. The maximum Gasteiger partial charge on any atom is 0.266 e. The van der Waals surface area contributed by atoms with E-state index in [0.717, 1.165) is 25.3 Å². The highest BCUT2D eigenvalue weighted by molar-refractivity contribution is 7.92. The molecular weight excluding hydrogens is 328 g/mol. The van der Waals surface area contributed by atoms with E-state index in [1.165, 1.54) is 6.42 Å². The fourth-order valence-corrected chi connectivity index (χ4v) is 4.44. The highest BCUT2D eigenvalue weighted by atomic mass is 32.2. The number of anilines is 2. The first-order chi connectivity index (χ1) is 11.4. The van der Waals surface area contributed by atoms with Gasteiger partial charge in [0.15, 0.2) is 11.6 Å². The Morgan fingerprint density at radius 2 is 2.08 bits per heavy atom. The Morgan fingerprint density at radius 1 is 1.29 bits per heavy atom. The molecule has 0 bridgehead atoms. The van der Waals surface area contributed by atoms with Gasteiger partial charge in [0, 0.05) is 13.1 Å². The maximum atomic E-state index is 12.5. The molecule has 2 aromatic heterocycles. The van der Waals surface area contributed by atoms with E-state index < -0.39 is 10.0 Å². The zero-order chi connectivity index (χ0) is 17.3. The number of aromatic nitrogens is 4. The lowest BCUT2D eigenvalue weighted by molar-refractivity contribution is 0.444. The van der Waals surface area contributed by atoms with E-state index in [0.29, 0.717) is 17.3 Å². The summed E-state index contributed by atoms with van der Waals surface area (Å²) in [6, 6.07) is 3.45. The van der Waals surface area contributed by atoms with Gasteiger partial charge >= 0.3 is 0 Å². The van der Waals surface area contributed by atoms with Crippen molar-refractivity contribution in [1.29, 1.82) is 0 Å². The molecule has 3 rings (SSSR count). The van der Waals surface area contributed by atoms with Gasteiger partial charge in [-0.05, 0) is 44.7 Å². The van der Waals surface area contributed by atoms with Crippen molar-refractivity contribution in [2.24, 2.45) is 5.92 Å². The van der Waals surface area contributed by atoms with Crippen molar-refractivity contribution in [3.63, 3.8) is 0 Å². The first kappa shape index (κ1) is 16.7. The number of hydrogen-bond donors (Lipinski definition) is 2. The molecule has 24 heavy (non-hydrogen) atoms. The predicted octanol–water partition coefficient (Wildman–Crippen LogP) is 1.85. The number of aromatic amines is 1. The van der Waals surface area contributed by atoms with E-state index in [-0.39, 0.29) is 10.7 Å². The number of piperidine rings is 1. The third-order valence-electron chi connectivity index (χ3n) is 4.20. The number of rotatable bonds is 4. The number of hydrogen-bond acceptors (Lipinski definition) is 6. The molecule has 0 aromatic carbocycles. The van der Waals surface area contributed by atoms with Gasteiger partial charge < -0.3 is 4.90 Å². The minimum atomic E-state index is -3.74. The first-order valence-corrected chi connectivity index (χ1v) is 9.48. The summed E-state index contributed by atoms with van der Waals surface area (Å²) in [5.74, 6) is 1.61. The van der Waals surface area contributed by atoms with Crippen LogP contribution in [0.15, 0.2) is 17.0 Å². The monoisotopic (exact) mass is 350 g/mol. The van der Waals surface area contributed by atoms with Crippen LogP contribution in [0.25, 0.3) is 0 Å². The van der Waals surface area contributed by atoms with Crippen LogP contribution < -0.4 is 9.62 Å². The fraction of sp³-hybridized carbons (Fsp3) is 0.533. The van der Waals surface area contributed by atoms with Crippen LogP contribution in [0, 0.1) is 19.8 Å². The van der Waals surface area contributed by atoms with Gasteiger partial charge in [-0.15, -0.1) is 10.2 Å². The van der Waals surface area contributed by atoms with E-state index in [9.17, 15) is 8.42 Å². The van der Waals surface area contributed by atoms with Gasteiger partial charge in [0.05, 0.1) is 11.4 Å². The third-order valence-corrected chi connectivity index (χ3v) is 5.82. The van der Waals surface area contributed by atoms with Crippen LogP contribution in [0.4, 0.5) is 11.6 Å². The average molecular weight is 350 g/mol. The number of aryl methyl sites for hydroxylation is 2. The maximum absolute atomic E-state index is 12.5. The van der Waals surface area contributed by atoms with Gasteiger partial charge in [-0.2, -0.15) is 5.10 Å². The Hall–Kier alpha value is -2.16. The van der Waals surface area contributed by atoms with Crippen LogP contribution in [-0.4, -0.2) is 41.9 Å². The zero-order valence-corrected chi connectivity index (χ0v) is 14.9. The molecule has 0 radical (unpaired) electrons. The predicted molar refractivity (Wildman–Crippen MR) is 91.5 cm³/mol. The Labute approximate surface area is 141 Å². The highest BCUT2D eigenvalue weighted by Gasteiger charge is 2.23. The van der Waals surface area contributed by atoms with Crippen molar-refractivity contribution >= 4 is 21.7 Å². The molecule has 1 aliphatic rings. The van der Waals surface area contributed by atoms with Gasteiger partial charge in [-0.1, -0.05) is 6.92 Å². The van der Waals surface area contributed by atoms with Crippen LogP contribution in [0.3, 0.4) is 0 Å². The van der Waals surface area contributed by atoms with Crippen LogP contribution >= 0.6 is 0 Å². The number of nitrogens with one attached hydrogen (secondary N) is 2. The summed E-state index contributed by atoms with van der Waals surface area (Å²) < 4.78 is 27.4. The molecule has 130 valence electrons. The third kappa shape index (κ3) is 3.35. The summed E-state index contributed by atoms with van der Waals surface area (Å²) in [5, 5.41) is 14.8. The molecule has 1 fully saturated rings. The second-order valence-electron chi connectivity index (χ2n) is 6.34. The largest absolute Gasteiger partial charge is 0.355 e. The Balaban J connectivity index is 1.77. The smallest absolute Gasteiger partial charge is 0.266 e. The summed E-state index contributed by atoms with van der Waals surface area (Å²) in [4.78, 5) is 2.34. The molecule has 8 nitrogen and oxygen atoms in total. The second-order valence-corrected chi connectivity index (χ2v) is 7.96. The first-order valence-electron chi connectivity index (χ1n) is 8.00. The Bertz CT molecular complexity index is 795. The quantitative estimate of drug-likeness (QED) is 0.872. The standard InChI is InChI=1S/C15H22N6O2S/c1-10-5-4-8-21(9-10)14-7-6-13(18-19-14)20-24(22,23)15-11(2)16-17-12(15)3/h6-7,10H,4-5,8-9H2,1-3H3,(H,16,17)(H,18,20). The van der Waals surface area contributed by atoms with Gasteiger partial charge in [0.2, 0.25) is 0 Å². The second kappa shape index (κ2) is 6.39. The van der Waals surface area contributed by atoms with Crippen molar-refractivity contribution in [3.05, 3.63) is 23.5 Å². The molecule has 2 aromatic rings. The molecule has 0 saturated carbocycles. The summed E-state index contributed by atoms with van der Waals surface area (Å²) in [6.07, 6.45) is 2.36. The van der Waals surface area contributed by atoms with Gasteiger partial charge in [-0.25, -0.2) is 8.42 Å². The van der Waals surface area contributed by atoms with E-state index in [2.05, 4.69) is 36.9 Å². The van der Waals surface area contributed by atoms with Crippen molar-refractivity contribution in [2.75, 3.05) is 22.7 Å². The van der Waals surface area contributed by atoms with Crippen molar-refractivity contribution in [3.8, 4) is 0 Å². The molecule has 1 atom stereocenters. The number of H-pyrrole nitrogens is 1. The van der Waals surface area contributed by atoms with E-state index >= 15 is 0 Å². The van der Waals surface area contributed by atoms with Gasteiger partial charge in [0.1, 0.15) is 4.90 Å². The number of nitrogens with zero attached hydrogens (tertiary/aromatic N) is 4. The summed E-state index contributed by atoms with van der Waals surface area (Å²) in [5.41, 5.74) is 0.916. The topological polar surface area (TPSA) is 104 Å². The minimum Gasteiger partial charge on any atom is -0.355 e. The lowest BCUT2D eigenvalue weighted by Gasteiger charge is -2.31. The highest BCUT2D eigenvalue weighted by Crippen LogP contribution is 2.23. The Kier molecular flexibility index (Phi) is 4.44. The van der Waals surface area contributed by atoms with Crippen molar-refractivity contribution in [2.45, 2.75) is 38.5 Å². The van der Waals surface area contributed by atoms with Gasteiger partial charge in [0.25, 0.3) is 10.0 Å². The van der Waals surface area contributed by atoms with E-state index in [4.69, 9.17) is 0 Å². The van der Waals surface area contributed by atoms with Crippen LogP contribution in [-0.2, 0) is 10.0 Å². The summed E-state index contributed by atoms with van der Waals surface area (Å²) >= 11 is 0. The molecule has 1 saturated heterocycles. The minimum absolute atomic E-state index is 0.151. The van der Waals surface area contributed by atoms with E-state index in [1.54, 1.807) is 26.0 Å². The molecule has 9 heteroatoms. The zero-order valence-electron chi connectivity index (χ0n) is 14.1. The molecule has 1 unspecified atom stereocenters. The molecule has 0 spiro atoms. The molecule has 3 heterocycles. The van der Waals surface area contributed by atoms with Crippen LogP contribution in [0.5, 0.6) is 0 Å². The molecule has 2 N–H and O–H groups in total. The molecule has 0 aliphatic carbocycles. The van der Waals surface area contributed by atoms with Gasteiger partial charge in [-0.3, -0.25) is 9.82 Å². The van der Waals surface area contributed by atoms with Crippen LogP contribution in [0.1, 0.15) is 31.2 Å².